The summed E-state index contributed by atoms with van der Waals surface area (Å²) in [4.78, 5) is 31.7. The lowest BCUT2D eigenvalue weighted by atomic mass is 10.1. The van der Waals surface area contributed by atoms with E-state index in [1.807, 2.05) is 24.0 Å². The van der Waals surface area contributed by atoms with Gasteiger partial charge in [-0.15, -0.1) is 0 Å². The van der Waals surface area contributed by atoms with E-state index in [-0.39, 0.29) is 18.4 Å². The number of rotatable bonds is 6. The molecule has 33 heavy (non-hydrogen) atoms. The average molecular weight is 485 g/mol. The fraction of sp³-hybridized carbons (Fsp3) is 0.286. The number of aromatic amines is 1. The van der Waals surface area contributed by atoms with Crippen molar-refractivity contribution in [2.45, 2.75) is 26.3 Å². The maximum atomic E-state index is 12.8. The number of anilines is 3. The number of halogens is 1. The smallest absolute Gasteiger partial charge is 0.267 e. The van der Waals surface area contributed by atoms with Gasteiger partial charge >= 0.3 is 0 Å². The fourth-order valence-electron chi connectivity index (χ4n) is 3.77. The summed E-state index contributed by atoms with van der Waals surface area (Å²) in [5.74, 6) is 0.187. The lowest BCUT2D eigenvalue weighted by molar-refractivity contribution is -0.130. The Morgan fingerprint density at radius 2 is 2.06 bits per heavy atom. The van der Waals surface area contributed by atoms with Crippen molar-refractivity contribution in [1.29, 1.82) is 0 Å². The van der Waals surface area contributed by atoms with Gasteiger partial charge in [0.15, 0.2) is 10.9 Å². The maximum Gasteiger partial charge on any atom is 0.267 e. The van der Waals surface area contributed by atoms with Crippen LogP contribution in [0.1, 0.15) is 28.1 Å². The number of nitrogens with zero attached hydrogens (tertiary/aromatic N) is 5. The zero-order chi connectivity index (χ0) is 22.9. The number of fused-ring (bicyclic) bond motifs is 1. The van der Waals surface area contributed by atoms with Crippen LogP contribution in [0.5, 0.6) is 0 Å². The van der Waals surface area contributed by atoms with E-state index in [0.29, 0.717) is 26.7 Å². The molecule has 1 saturated heterocycles. The number of amides is 2. The van der Waals surface area contributed by atoms with Gasteiger partial charge in [-0.05, 0) is 31.4 Å². The summed E-state index contributed by atoms with van der Waals surface area (Å²) in [5, 5.41) is 19.0. The molecule has 0 aliphatic carbocycles. The van der Waals surface area contributed by atoms with Crippen molar-refractivity contribution >= 4 is 62.3 Å². The third-order valence-electron chi connectivity index (χ3n) is 5.51. The molecule has 0 unspecified atom stereocenters. The topological polar surface area (TPSA) is 121 Å². The van der Waals surface area contributed by atoms with E-state index >= 15 is 0 Å². The van der Waals surface area contributed by atoms with Gasteiger partial charge in [0.1, 0.15) is 16.6 Å². The van der Waals surface area contributed by atoms with Gasteiger partial charge in [-0.25, -0.2) is 9.67 Å². The van der Waals surface area contributed by atoms with Crippen molar-refractivity contribution in [3.63, 3.8) is 0 Å². The van der Waals surface area contributed by atoms with E-state index in [2.05, 4.69) is 30.9 Å². The van der Waals surface area contributed by atoms with Crippen LogP contribution in [0.2, 0.25) is 5.15 Å². The van der Waals surface area contributed by atoms with Crippen LogP contribution in [0.4, 0.5) is 16.6 Å². The van der Waals surface area contributed by atoms with Gasteiger partial charge in [-0.1, -0.05) is 29.0 Å². The van der Waals surface area contributed by atoms with Crippen molar-refractivity contribution in [3.05, 3.63) is 46.2 Å². The van der Waals surface area contributed by atoms with Gasteiger partial charge < -0.3 is 15.5 Å². The highest BCUT2D eigenvalue weighted by Gasteiger charge is 2.20. The van der Waals surface area contributed by atoms with Gasteiger partial charge in [-0.3, -0.25) is 14.7 Å². The Morgan fingerprint density at radius 3 is 2.88 bits per heavy atom. The minimum absolute atomic E-state index is 0.000177. The highest BCUT2D eigenvalue weighted by atomic mass is 35.5. The second-order valence-electron chi connectivity index (χ2n) is 7.80. The zero-order valence-electron chi connectivity index (χ0n) is 17.8. The number of carbonyl (C=O) groups is 2. The van der Waals surface area contributed by atoms with Crippen LogP contribution in [-0.2, 0) is 11.3 Å². The molecule has 1 aliphatic rings. The first-order chi connectivity index (χ1) is 16.0. The van der Waals surface area contributed by atoms with E-state index in [1.165, 1.54) is 22.2 Å². The molecule has 4 aromatic rings. The highest BCUT2D eigenvalue weighted by Crippen LogP contribution is 2.28. The number of carbonyl (C=O) groups excluding carboxylic acids is 2. The van der Waals surface area contributed by atoms with E-state index in [1.54, 1.807) is 12.3 Å². The lowest BCUT2D eigenvalue weighted by Gasteiger charge is -2.15. The normalized spacial score (nSPS) is 13.6. The number of benzene rings is 1. The van der Waals surface area contributed by atoms with Crippen LogP contribution >= 0.6 is 22.9 Å². The van der Waals surface area contributed by atoms with Crippen LogP contribution < -0.4 is 10.6 Å². The molecule has 0 atom stereocenters. The molecule has 1 aromatic carbocycles. The Morgan fingerprint density at radius 1 is 1.24 bits per heavy atom. The molecule has 1 fully saturated rings. The summed E-state index contributed by atoms with van der Waals surface area (Å²) in [5.41, 5.74) is 2.49. The lowest BCUT2D eigenvalue weighted by Crippen LogP contribution is -2.31. The number of aromatic nitrogens is 5. The van der Waals surface area contributed by atoms with Gasteiger partial charge in [0, 0.05) is 24.5 Å². The number of hydrogen-bond donors (Lipinski definition) is 3. The molecule has 5 rings (SSSR count). The molecule has 170 valence electrons. The van der Waals surface area contributed by atoms with E-state index in [0.717, 1.165) is 42.4 Å². The van der Waals surface area contributed by atoms with Gasteiger partial charge in [0.2, 0.25) is 5.91 Å². The number of thiazole rings is 1. The van der Waals surface area contributed by atoms with Gasteiger partial charge in [0.05, 0.1) is 23.6 Å². The van der Waals surface area contributed by atoms with E-state index in [9.17, 15) is 9.59 Å². The molecule has 0 spiro atoms. The summed E-state index contributed by atoms with van der Waals surface area (Å²) in [7, 11) is 0. The Bertz CT molecular complexity index is 1340. The third kappa shape index (κ3) is 4.41. The first-order valence-electron chi connectivity index (χ1n) is 10.5. The van der Waals surface area contributed by atoms with Crippen molar-refractivity contribution in [3.8, 4) is 0 Å². The number of aryl methyl sites for hydroxylation is 1. The first kappa shape index (κ1) is 21.4. The minimum Gasteiger partial charge on any atom is -0.341 e. The SMILES string of the molecule is Cc1ccc2[nH]ncc2c1NC(=O)c1cnc(Nc2cc(Cl)n(CC(=O)N3CCCC3)n2)s1. The van der Waals surface area contributed by atoms with Gasteiger partial charge in [-0.2, -0.15) is 10.2 Å². The number of hydrogen-bond acceptors (Lipinski definition) is 7. The standard InChI is InChI=1S/C21H21ClN8O2S/c1-12-4-5-14-13(9-24-27-14)19(12)26-20(32)15-10-23-21(33-15)25-17-8-16(22)30(28-17)11-18(31)29-6-2-3-7-29/h4-5,8-10H,2-3,6-7,11H2,1H3,(H,24,27)(H,26,32)(H,23,25,28). The highest BCUT2D eigenvalue weighted by molar-refractivity contribution is 7.17. The molecule has 0 radical (unpaired) electrons. The Balaban J connectivity index is 1.26. The Kier molecular flexibility index (Phi) is 5.73. The Labute approximate surface area is 197 Å². The summed E-state index contributed by atoms with van der Waals surface area (Å²) < 4.78 is 1.46. The quantitative estimate of drug-likeness (QED) is 0.383. The average Bonchev–Trinajstić information content (AvgIpc) is 3.58. The number of nitrogens with one attached hydrogen (secondary N) is 3. The van der Waals surface area contributed by atoms with Crippen LogP contribution in [0.25, 0.3) is 10.9 Å². The number of likely N-dealkylation sites (tertiary alicyclic amines) is 1. The van der Waals surface area contributed by atoms with Crippen LogP contribution in [0, 0.1) is 6.92 Å². The summed E-state index contributed by atoms with van der Waals surface area (Å²) in [6.45, 7) is 3.57. The molecule has 0 saturated carbocycles. The first-order valence-corrected chi connectivity index (χ1v) is 11.7. The third-order valence-corrected chi connectivity index (χ3v) is 6.73. The van der Waals surface area contributed by atoms with Crippen LogP contribution in [-0.4, -0.2) is 54.8 Å². The molecular formula is C21H21ClN8O2S. The van der Waals surface area contributed by atoms with Crippen molar-refractivity contribution in [2.75, 3.05) is 23.7 Å². The van der Waals surface area contributed by atoms with Gasteiger partial charge in [0.25, 0.3) is 5.91 Å². The van der Waals surface area contributed by atoms with E-state index in [4.69, 9.17) is 11.6 Å². The molecule has 4 heterocycles. The van der Waals surface area contributed by atoms with E-state index < -0.39 is 0 Å². The zero-order valence-corrected chi connectivity index (χ0v) is 19.3. The monoisotopic (exact) mass is 484 g/mol. The fourth-order valence-corrected chi connectivity index (χ4v) is 4.69. The molecule has 12 heteroatoms. The molecular weight excluding hydrogens is 464 g/mol. The largest absolute Gasteiger partial charge is 0.341 e. The predicted molar refractivity (Wildman–Crippen MR) is 127 cm³/mol. The summed E-state index contributed by atoms with van der Waals surface area (Å²) in [6, 6.07) is 5.47. The van der Waals surface area contributed by atoms with Crippen molar-refractivity contribution in [2.24, 2.45) is 0 Å². The van der Waals surface area contributed by atoms with Crippen LogP contribution in [0.15, 0.2) is 30.6 Å². The molecule has 10 nitrogen and oxygen atoms in total. The molecule has 3 N–H and O–H groups in total. The molecule has 0 bridgehead atoms. The van der Waals surface area contributed by atoms with Crippen LogP contribution in [0.3, 0.4) is 0 Å². The number of H-pyrrole nitrogens is 1. The molecule has 3 aromatic heterocycles. The second-order valence-corrected chi connectivity index (χ2v) is 9.21. The summed E-state index contributed by atoms with van der Waals surface area (Å²) >= 11 is 7.45. The Hall–Kier alpha value is -3.44. The van der Waals surface area contributed by atoms with Crippen molar-refractivity contribution < 1.29 is 9.59 Å². The molecule has 2 amide bonds. The maximum absolute atomic E-state index is 12.8. The van der Waals surface area contributed by atoms with Crippen molar-refractivity contribution in [1.82, 2.24) is 29.9 Å². The predicted octanol–water partition coefficient (Wildman–Crippen LogP) is 3.80. The second kappa shape index (κ2) is 8.83. The molecule has 1 aliphatic heterocycles. The minimum atomic E-state index is -0.267. The summed E-state index contributed by atoms with van der Waals surface area (Å²) in [6.07, 6.45) is 5.25.